The molecule has 1 saturated heterocycles. The van der Waals surface area contributed by atoms with Gasteiger partial charge in [0, 0.05) is 45.3 Å². The summed E-state index contributed by atoms with van der Waals surface area (Å²) in [6, 6.07) is 10.5. The Bertz CT molecular complexity index is 596. The summed E-state index contributed by atoms with van der Waals surface area (Å²) in [6.07, 6.45) is 4.40. The number of rotatable bonds is 6. The van der Waals surface area contributed by atoms with Crippen LogP contribution in [0.4, 0.5) is 0 Å². The van der Waals surface area contributed by atoms with E-state index in [2.05, 4.69) is 50.9 Å². The Kier molecular flexibility index (Phi) is 24.6. The topological polar surface area (TPSA) is 56.1 Å². The van der Waals surface area contributed by atoms with Crippen LogP contribution in [0.1, 0.15) is 99.6 Å². The fourth-order valence-electron chi connectivity index (χ4n) is 3.16. The van der Waals surface area contributed by atoms with E-state index in [4.69, 9.17) is 5.26 Å². The van der Waals surface area contributed by atoms with Crippen LogP contribution in [-0.4, -0.2) is 36.0 Å². The van der Waals surface area contributed by atoms with Gasteiger partial charge in [0.2, 0.25) is 5.91 Å². The summed E-state index contributed by atoms with van der Waals surface area (Å²) in [5, 5.41) is 11.6. The number of nitrogens with one attached hydrogen (secondary N) is 1. The number of amides is 1. The number of hydrogen-bond donors (Lipinski definition) is 1. The number of likely N-dealkylation sites (tertiary alicyclic amines) is 1. The molecule has 2 rings (SSSR count). The number of carbonyl (C=O) groups excluding carboxylic acids is 1. The molecule has 0 saturated carbocycles. The standard InChI is InChI=1S/C12H24N2O.C10H11N.3CH4.Y/c1-4-5-8-13-12(15)11-7-6-9-14(11)10(2)3;1-8(2)10-5-3-4-9(6-10)7-11;;;;/h10-11H,4-9H2,1-3H3,(H,13,15);3-6,8H,1-2H3;3*1H4;. The van der Waals surface area contributed by atoms with Crippen molar-refractivity contribution in [3.63, 3.8) is 0 Å². The van der Waals surface area contributed by atoms with Gasteiger partial charge >= 0.3 is 0 Å². The molecule has 1 unspecified atom stereocenters. The van der Waals surface area contributed by atoms with Gasteiger partial charge in [-0.05, 0) is 63.3 Å². The van der Waals surface area contributed by atoms with Crippen LogP contribution in [-0.2, 0) is 37.5 Å². The maximum absolute atomic E-state index is 11.9. The molecule has 0 aromatic heterocycles. The Labute approximate surface area is 213 Å². The zero-order chi connectivity index (χ0) is 19.5. The van der Waals surface area contributed by atoms with Crippen molar-refractivity contribution in [2.45, 2.75) is 101 Å². The SMILES string of the molecule is C.C.C.CC(C)c1cccc(C#N)c1.CCCCNC(=O)C1CCCN1C(C)C.[Y]. The van der Waals surface area contributed by atoms with Gasteiger partial charge in [0.25, 0.3) is 0 Å². The van der Waals surface area contributed by atoms with Gasteiger partial charge in [-0.3, -0.25) is 9.69 Å². The van der Waals surface area contributed by atoms with Gasteiger partial charge in [-0.25, -0.2) is 0 Å². The minimum Gasteiger partial charge on any atom is -0.355 e. The Morgan fingerprint density at radius 3 is 2.37 bits per heavy atom. The first-order valence-corrected chi connectivity index (χ1v) is 9.94. The van der Waals surface area contributed by atoms with Crippen molar-refractivity contribution >= 4 is 5.91 Å². The first-order valence-electron chi connectivity index (χ1n) is 9.94. The fourth-order valence-corrected chi connectivity index (χ4v) is 3.16. The summed E-state index contributed by atoms with van der Waals surface area (Å²) in [6.45, 7) is 12.6. The van der Waals surface area contributed by atoms with Crippen molar-refractivity contribution in [2.24, 2.45) is 0 Å². The second-order valence-corrected chi connectivity index (χ2v) is 7.53. The Balaban J connectivity index is -0.000000205. The normalized spacial score (nSPS) is 14.7. The van der Waals surface area contributed by atoms with Crippen molar-refractivity contribution < 1.29 is 37.5 Å². The molecule has 4 nitrogen and oxygen atoms in total. The number of nitriles is 1. The van der Waals surface area contributed by atoms with Crippen LogP contribution in [0, 0.1) is 11.3 Å². The maximum Gasteiger partial charge on any atom is 0.237 e. The van der Waals surface area contributed by atoms with Crippen LogP contribution in [0.25, 0.3) is 0 Å². The molecular formula is C25H47N3OY. The molecule has 1 atom stereocenters. The third-order valence-electron chi connectivity index (χ3n) is 4.77. The first kappa shape index (κ1) is 36.6. The van der Waals surface area contributed by atoms with E-state index < -0.39 is 0 Å². The van der Waals surface area contributed by atoms with E-state index in [1.54, 1.807) is 0 Å². The maximum atomic E-state index is 11.9. The third-order valence-corrected chi connectivity index (χ3v) is 4.77. The molecule has 1 aliphatic rings. The zero-order valence-corrected chi connectivity index (χ0v) is 20.5. The molecular weight excluding hydrogens is 447 g/mol. The molecule has 0 spiro atoms. The van der Waals surface area contributed by atoms with Crippen LogP contribution >= 0.6 is 0 Å². The average molecular weight is 495 g/mol. The molecule has 0 aliphatic carbocycles. The summed E-state index contributed by atoms with van der Waals surface area (Å²) < 4.78 is 0. The van der Waals surface area contributed by atoms with Crippen LogP contribution in [0.15, 0.2) is 24.3 Å². The summed E-state index contributed by atoms with van der Waals surface area (Å²) in [5.74, 6) is 0.734. The van der Waals surface area contributed by atoms with Crippen molar-refractivity contribution in [1.82, 2.24) is 10.2 Å². The Morgan fingerprint density at radius 2 is 1.87 bits per heavy atom. The molecule has 1 heterocycles. The quantitative estimate of drug-likeness (QED) is 0.468. The van der Waals surface area contributed by atoms with Crippen LogP contribution in [0.5, 0.6) is 0 Å². The van der Waals surface area contributed by atoms with Crippen molar-refractivity contribution in [2.75, 3.05) is 13.1 Å². The van der Waals surface area contributed by atoms with Crippen LogP contribution < -0.4 is 5.32 Å². The van der Waals surface area contributed by atoms with Gasteiger partial charge in [-0.15, -0.1) is 0 Å². The molecule has 1 radical (unpaired) electrons. The fraction of sp³-hybridized carbons (Fsp3) is 0.680. The average Bonchev–Trinajstić information content (AvgIpc) is 3.12. The van der Waals surface area contributed by atoms with E-state index in [0.717, 1.165) is 44.3 Å². The van der Waals surface area contributed by atoms with E-state index >= 15 is 0 Å². The van der Waals surface area contributed by atoms with Gasteiger partial charge in [0.1, 0.15) is 0 Å². The molecule has 1 aliphatic heterocycles. The summed E-state index contributed by atoms with van der Waals surface area (Å²) in [7, 11) is 0. The van der Waals surface area contributed by atoms with E-state index in [-0.39, 0.29) is 66.9 Å². The molecule has 1 N–H and O–H groups in total. The molecule has 1 amide bonds. The minimum absolute atomic E-state index is 0. The summed E-state index contributed by atoms with van der Waals surface area (Å²) in [5.41, 5.74) is 1.97. The number of hydrogen-bond acceptors (Lipinski definition) is 3. The summed E-state index contributed by atoms with van der Waals surface area (Å²) in [4.78, 5) is 14.2. The van der Waals surface area contributed by atoms with Crippen molar-refractivity contribution in [1.29, 1.82) is 5.26 Å². The molecule has 1 aromatic rings. The van der Waals surface area contributed by atoms with Gasteiger partial charge in [-0.1, -0.05) is 61.6 Å². The van der Waals surface area contributed by atoms with Gasteiger partial charge in [-0.2, -0.15) is 5.26 Å². The number of unbranched alkanes of at least 4 members (excludes halogenated alkanes) is 1. The molecule has 30 heavy (non-hydrogen) atoms. The second kappa shape index (κ2) is 20.2. The van der Waals surface area contributed by atoms with Gasteiger partial charge < -0.3 is 5.32 Å². The minimum atomic E-state index is 0. The Hall–Kier alpha value is -0.756. The van der Waals surface area contributed by atoms with Crippen LogP contribution in [0.3, 0.4) is 0 Å². The monoisotopic (exact) mass is 494 g/mol. The van der Waals surface area contributed by atoms with Crippen LogP contribution in [0.2, 0.25) is 0 Å². The van der Waals surface area contributed by atoms with E-state index in [9.17, 15) is 4.79 Å². The predicted octanol–water partition coefficient (Wildman–Crippen LogP) is 6.36. The van der Waals surface area contributed by atoms with Crippen molar-refractivity contribution in [3.8, 4) is 6.07 Å². The first-order chi connectivity index (χ1) is 12.4. The van der Waals surface area contributed by atoms with Gasteiger partial charge in [0.05, 0.1) is 17.7 Å². The predicted molar refractivity (Wildman–Crippen MR) is 128 cm³/mol. The number of benzene rings is 1. The molecule has 1 fully saturated rings. The van der Waals surface area contributed by atoms with E-state index in [0.29, 0.717) is 12.0 Å². The number of nitrogens with zero attached hydrogens (tertiary/aromatic N) is 2. The smallest absolute Gasteiger partial charge is 0.237 e. The third kappa shape index (κ3) is 12.8. The molecule has 5 heteroatoms. The largest absolute Gasteiger partial charge is 0.355 e. The number of carbonyl (C=O) groups is 1. The Morgan fingerprint density at radius 1 is 1.23 bits per heavy atom. The molecule has 1 aromatic carbocycles. The van der Waals surface area contributed by atoms with Gasteiger partial charge in [0.15, 0.2) is 0 Å². The van der Waals surface area contributed by atoms with E-state index in [1.807, 2.05) is 24.3 Å². The van der Waals surface area contributed by atoms with E-state index in [1.165, 1.54) is 5.56 Å². The summed E-state index contributed by atoms with van der Waals surface area (Å²) >= 11 is 0. The van der Waals surface area contributed by atoms with Crippen molar-refractivity contribution in [3.05, 3.63) is 35.4 Å². The molecule has 0 bridgehead atoms. The second-order valence-electron chi connectivity index (χ2n) is 7.53. The zero-order valence-electron chi connectivity index (χ0n) is 17.7. The molecule has 171 valence electrons.